The molecular formula is C16H21ClO3. The Hall–Kier alpha value is -1.22. The van der Waals surface area contributed by atoms with Crippen molar-refractivity contribution in [2.24, 2.45) is 5.92 Å². The van der Waals surface area contributed by atoms with Crippen molar-refractivity contribution in [1.29, 1.82) is 0 Å². The van der Waals surface area contributed by atoms with Gasteiger partial charge in [0, 0.05) is 5.02 Å². The van der Waals surface area contributed by atoms with Gasteiger partial charge in [-0.25, -0.2) is 0 Å². The van der Waals surface area contributed by atoms with Gasteiger partial charge in [0.2, 0.25) is 0 Å². The van der Waals surface area contributed by atoms with E-state index in [4.69, 9.17) is 21.4 Å². The molecule has 1 aromatic rings. The third-order valence-electron chi connectivity index (χ3n) is 3.93. The van der Waals surface area contributed by atoms with Gasteiger partial charge in [-0.1, -0.05) is 30.9 Å². The van der Waals surface area contributed by atoms with Gasteiger partial charge in [-0.15, -0.1) is 0 Å². The molecule has 0 aromatic heterocycles. The summed E-state index contributed by atoms with van der Waals surface area (Å²) in [4.78, 5) is 10.9. The van der Waals surface area contributed by atoms with E-state index in [0.29, 0.717) is 10.9 Å². The minimum Gasteiger partial charge on any atom is -0.492 e. The highest BCUT2D eigenvalue weighted by molar-refractivity contribution is 6.30. The second-order valence-electron chi connectivity index (χ2n) is 5.57. The maximum atomic E-state index is 10.9. The van der Waals surface area contributed by atoms with E-state index in [0.717, 1.165) is 24.2 Å². The van der Waals surface area contributed by atoms with Crippen LogP contribution in [0.1, 0.15) is 50.5 Å². The van der Waals surface area contributed by atoms with Crippen LogP contribution in [0.4, 0.5) is 0 Å². The molecule has 1 fully saturated rings. The van der Waals surface area contributed by atoms with Crippen molar-refractivity contribution in [3.05, 3.63) is 28.8 Å². The first-order valence-electron chi connectivity index (χ1n) is 7.23. The number of aliphatic carboxylic acids is 1. The first-order valence-corrected chi connectivity index (χ1v) is 7.60. The molecule has 0 amide bonds. The second kappa shape index (κ2) is 6.98. The maximum Gasteiger partial charge on any atom is 0.309 e. The molecule has 0 saturated heterocycles. The van der Waals surface area contributed by atoms with Crippen LogP contribution in [0.5, 0.6) is 5.75 Å². The van der Waals surface area contributed by atoms with Crippen LogP contribution in [0.3, 0.4) is 0 Å². The molecule has 3 nitrogen and oxygen atoms in total. The van der Waals surface area contributed by atoms with Crippen LogP contribution < -0.4 is 4.74 Å². The van der Waals surface area contributed by atoms with Gasteiger partial charge in [-0.05, 0) is 49.4 Å². The molecule has 1 atom stereocenters. The topological polar surface area (TPSA) is 46.5 Å². The fourth-order valence-electron chi connectivity index (χ4n) is 2.67. The molecule has 4 heteroatoms. The molecule has 110 valence electrons. The number of hydrogen-bond donors (Lipinski definition) is 1. The predicted molar refractivity (Wildman–Crippen MR) is 79.6 cm³/mol. The van der Waals surface area contributed by atoms with Crippen molar-refractivity contribution in [3.63, 3.8) is 0 Å². The SMILES string of the molecule is CC(COc1ccc(Cl)cc1C1CCCCC1)C(=O)O. The Morgan fingerprint density at radius 3 is 2.75 bits per heavy atom. The van der Waals surface area contributed by atoms with Crippen LogP contribution in [0.25, 0.3) is 0 Å². The molecule has 1 aliphatic rings. The zero-order valence-corrected chi connectivity index (χ0v) is 12.5. The van der Waals surface area contributed by atoms with Crippen LogP contribution in [0.15, 0.2) is 18.2 Å². The predicted octanol–water partition coefficient (Wildman–Crippen LogP) is 4.49. The Kier molecular flexibility index (Phi) is 5.30. The summed E-state index contributed by atoms with van der Waals surface area (Å²) in [6, 6.07) is 5.63. The van der Waals surface area contributed by atoms with Crippen molar-refractivity contribution < 1.29 is 14.6 Å². The molecular weight excluding hydrogens is 276 g/mol. The smallest absolute Gasteiger partial charge is 0.309 e. The second-order valence-corrected chi connectivity index (χ2v) is 6.00. The lowest BCUT2D eigenvalue weighted by Gasteiger charge is -2.24. The van der Waals surface area contributed by atoms with E-state index in [-0.39, 0.29) is 6.61 Å². The Labute approximate surface area is 124 Å². The van der Waals surface area contributed by atoms with E-state index >= 15 is 0 Å². The lowest BCUT2D eigenvalue weighted by molar-refractivity contribution is -0.142. The van der Waals surface area contributed by atoms with Crippen LogP contribution in [0.2, 0.25) is 5.02 Å². The lowest BCUT2D eigenvalue weighted by atomic mass is 9.84. The van der Waals surface area contributed by atoms with Gasteiger partial charge in [0.15, 0.2) is 0 Å². The van der Waals surface area contributed by atoms with Crippen LogP contribution in [-0.2, 0) is 4.79 Å². The van der Waals surface area contributed by atoms with Crippen LogP contribution in [-0.4, -0.2) is 17.7 Å². The van der Waals surface area contributed by atoms with Crippen molar-refractivity contribution in [3.8, 4) is 5.75 Å². The molecule has 1 aliphatic carbocycles. The summed E-state index contributed by atoms with van der Waals surface area (Å²) >= 11 is 6.10. The van der Waals surface area contributed by atoms with Gasteiger partial charge >= 0.3 is 5.97 Å². The zero-order valence-electron chi connectivity index (χ0n) is 11.8. The minimum absolute atomic E-state index is 0.191. The largest absolute Gasteiger partial charge is 0.492 e. The Morgan fingerprint density at radius 1 is 1.40 bits per heavy atom. The first-order chi connectivity index (χ1) is 9.58. The summed E-state index contributed by atoms with van der Waals surface area (Å²) in [6.07, 6.45) is 6.09. The molecule has 0 spiro atoms. The van der Waals surface area contributed by atoms with E-state index in [1.54, 1.807) is 13.0 Å². The van der Waals surface area contributed by atoms with E-state index < -0.39 is 11.9 Å². The van der Waals surface area contributed by atoms with Gasteiger partial charge in [-0.2, -0.15) is 0 Å². The van der Waals surface area contributed by atoms with Crippen molar-refractivity contribution in [2.45, 2.75) is 44.9 Å². The summed E-state index contributed by atoms with van der Waals surface area (Å²) in [7, 11) is 0. The van der Waals surface area contributed by atoms with Crippen molar-refractivity contribution in [1.82, 2.24) is 0 Å². The van der Waals surface area contributed by atoms with Crippen molar-refractivity contribution >= 4 is 17.6 Å². The Morgan fingerprint density at radius 2 is 2.10 bits per heavy atom. The van der Waals surface area contributed by atoms with E-state index in [2.05, 4.69) is 0 Å². The Bertz CT molecular complexity index is 467. The molecule has 0 heterocycles. The summed E-state index contributed by atoms with van der Waals surface area (Å²) in [5.41, 5.74) is 1.13. The molecule has 1 aromatic carbocycles. The zero-order chi connectivity index (χ0) is 14.5. The third-order valence-corrected chi connectivity index (χ3v) is 4.16. The highest BCUT2D eigenvalue weighted by Gasteiger charge is 2.20. The van der Waals surface area contributed by atoms with Crippen molar-refractivity contribution in [2.75, 3.05) is 6.61 Å². The number of ether oxygens (including phenoxy) is 1. The number of benzene rings is 1. The number of hydrogen-bond acceptors (Lipinski definition) is 2. The molecule has 20 heavy (non-hydrogen) atoms. The van der Waals surface area contributed by atoms with E-state index in [9.17, 15) is 4.79 Å². The number of carboxylic acid groups (broad SMARTS) is 1. The molecule has 1 N–H and O–H groups in total. The average molecular weight is 297 g/mol. The summed E-state index contributed by atoms with van der Waals surface area (Å²) in [6.45, 7) is 1.84. The van der Waals surface area contributed by atoms with Crippen LogP contribution >= 0.6 is 11.6 Å². The fraction of sp³-hybridized carbons (Fsp3) is 0.562. The van der Waals surface area contributed by atoms with Gasteiger partial charge in [0.1, 0.15) is 12.4 Å². The number of carboxylic acids is 1. The molecule has 0 bridgehead atoms. The van der Waals surface area contributed by atoms with E-state index in [1.165, 1.54) is 19.3 Å². The average Bonchev–Trinajstić information content (AvgIpc) is 2.46. The molecule has 1 saturated carbocycles. The molecule has 0 radical (unpaired) electrons. The maximum absolute atomic E-state index is 10.9. The monoisotopic (exact) mass is 296 g/mol. The van der Waals surface area contributed by atoms with Gasteiger partial charge in [-0.3, -0.25) is 4.79 Å². The highest BCUT2D eigenvalue weighted by atomic mass is 35.5. The molecule has 1 unspecified atom stereocenters. The third kappa shape index (κ3) is 3.89. The summed E-state index contributed by atoms with van der Waals surface area (Å²) < 4.78 is 5.73. The van der Waals surface area contributed by atoms with Gasteiger partial charge in [0.25, 0.3) is 0 Å². The first kappa shape index (κ1) is 15.2. The molecule has 2 rings (SSSR count). The van der Waals surface area contributed by atoms with Crippen LogP contribution in [0, 0.1) is 5.92 Å². The summed E-state index contributed by atoms with van der Waals surface area (Å²) in [5, 5.41) is 9.63. The van der Waals surface area contributed by atoms with E-state index in [1.807, 2.05) is 12.1 Å². The van der Waals surface area contributed by atoms with Gasteiger partial charge in [0.05, 0.1) is 5.92 Å². The minimum atomic E-state index is -0.835. The quantitative estimate of drug-likeness (QED) is 0.871. The molecule has 0 aliphatic heterocycles. The summed E-state index contributed by atoms with van der Waals surface area (Å²) in [5.74, 6) is -0.0740. The normalized spacial score (nSPS) is 17.7. The Balaban J connectivity index is 2.12. The standard InChI is InChI=1S/C16H21ClO3/c1-11(16(18)19)10-20-15-8-7-13(17)9-14(15)12-5-3-2-4-6-12/h7-9,11-12H,2-6,10H2,1H3,(H,18,19). The lowest BCUT2D eigenvalue weighted by Crippen LogP contribution is -2.18. The fourth-order valence-corrected chi connectivity index (χ4v) is 2.85. The number of carbonyl (C=O) groups is 1. The number of rotatable bonds is 5. The van der Waals surface area contributed by atoms with Gasteiger partial charge < -0.3 is 9.84 Å². The number of halogens is 1. The highest BCUT2D eigenvalue weighted by Crippen LogP contribution is 2.38.